The van der Waals surface area contributed by atoms with Crippen LogP contribution < -0.4 is 10.1 Å². The van der Waals surface area contributed by atoms with Crippen LogP contribution in [-0.4, -0.2) is 27.2 Å². The maximum absolute atomic E-state index is 13.3. The van der Waals surface area contributed by atoms with E-state index in [4.69, 9.17) is 9.15 Å². The minimum atomic E-state index is -0.326. The highest BCUT2D eigenvalue weighted by Gasteiger charge is 2.40. The van der Waals surface area contributed by atoms with Gasteiger partial charge in [0.15, 0.2) is 5.78 Å². The number of benzene rings is 1. The molecule has 5 rings (SSSR count). The van der Waals surface area contributed by atoms with Crippen LogP contribution in [0.4, 0.5) is 5.95 Å². The Morgan fingerprint density at radius 2 is 2.17 bits per heavy atom. The molecule has 0 radical (unpaired) electrons. The average molecular weight is 390 g/mol. The summed E-state index contributed by atoms with van der Waals surface area (Å²) in [5, 5.41) is 7.93. The van der Waals surface area contributed by atoms with Gasteiger partial charge >= 0.3 is 0 Å². The number of nitrogens with zero attached hydrogens (tertiary/aromatic N) is 3. The fourth-order valence-corrected chi connectivity index (χ4v) is 4.29. The number of allylic oxidation sites excluding steroid dienone is 2. The number of Topliss-reactive ketones (excluding diaryl/α,β-unsaturated/α-hetero) is 1. The topological polar surface area (TPSA) is 82.2 Å². The molecule has 1 aliphatic heterocycles. The summed E-state index contributed by atoms with van der Waals surface area (Å²) >= 11 is 0. The Morgan fingerprint density at radius 1 is 1.28 bits per heavy atom. The third-order valence-corrected chi connectivity index (χ3v) is 5.46. The molecule has 0 saturated heterocycles. The van der Waals surface area contributed by atoms with Crippen molar-refractivity contribution in [2.24, 2.45) is 0 Å². The van der Waals surface area contributed by atoms with Gasteiger partial charge in [-0.25, -0.2) is 4.68 Å². The lowest BCUT2D eigenvalue weighted by Crippen LogP contribution is -2.33. The minimum Gasteiger partial charge on any atom is -0.494 e. The van der Waals surface area contributed by atoms with Crippen LogP contribution in [0.5, 0.6) is 5.75 Å². The summed E-state index contributed by atoms with van der Waals surface area (Å²) in [5.74, 6) is 3.06. The first-order valence-corrected chi connectivity index (χ1v) is 9.86. The van der Waals surface area contributed by atoms with Crippen molar-refractivity contribution < 1.29 is 13.9 Å². The molecule has 7 heteroatoms. The first-order chi connectivity index (χ1) is 14.1. The molecule has 1 aliphatic carbocycles. The van der Waals surface area contributed by atoms with Crippen molar-refractivity contribution >= 4 is 11.7 Å². The summed E-state index contributed by atoms with van der Waals surface area (Å²) in [4.78, 5) is 17.8. The molecule has 0 amide bonds. The second-order valence-corrected chi connectivity index (χ2v) is 7.40. The van der Waals surface area contributed by atoms with Crippen LogP contribution in [-0.2, 0) is 4.79 Å². The summed E-state index contributed by atoms with van der Waals surface area (Å²) in [6.45, 7) is 4.39. The Kier molecular flexibility index (Phi) is 4.23. The lowest BCUT2D eigenvalue weighted by molar-refractivity contribution is -0.117. The summed E-state index contributed by atoms with van der Waals surface area (Å²) in [5.41, 5.74) is 2.61. The number of anilines is 1. The molecule has 1 aromatic carbocycles. The van der Waals surface area contributed by atoms with Crippen LogP contribution >= 0.6 is 0 Å². The van der Waals surface area contributed by atoms with Gasteiger partial charge in [-0.3, -0.25) is 4.79 Å². The summed E-state index contributed by atoms with van der Waals surface area (Å²) in [6, 6.07) is 11.3. The van der Waals surface area contributed by atoms with Gasteiger partial charge in [0.2, 0.25) is 5.95 Å². The number of fused-ring (bicyclic) bond motifs is 1. The van der Waals surface area contributed by atoms with Crippen molar-refractivity contribution in [3.63, 3.8) is 0 Å². The van der Waals surface area contributed by atoms with E-state index in [9.17, 15) is 4.79 Å². The van der Waals surface area contributed by atoms with Crippen LogP contribution in [0, 0.1) is 6.92 Å². The summed E-state index contributed by atoms with van der Waals surface area (Å²) in [7, 11) is 0. The van der Waals surface area contributed by atoms with E-state index in [1.54, 1.807) is 6.26 Å². The molecule has 2 atom stereocenters. The van der Waals surface area contributed by atoms with Gasteiger partial charge in [-0.1, -0.05) is 12.1 Å². The number of hydrogen-bond acceptors (Lipinski definition) is 6. The zero-order chi connectivity index (χ0) is 20.0. The lowest BCUT2D eigenvalue weighted by Gasteiger charge is -2.34. The van der Waals surface area contributed by atoms with Gasteiger partial charge in [0, 0.05) is 23.6 Å². The Hall–Kier alpha value is -3.35. The van der Waals surface area contributed by atoms with E-state index in [-0.39, 0.29) is 17.7 Å². The molecular formula is C22H22N4O3. The molecule has 3 aromatic rings. The SMILES string of the molecule is CCOc1cccc(C2C3=C(CC(c4ccco4)CC3=O)Nc3nc(C)nn32)c1. The first kappa shape index (κ1) is 17.7. The van der Waals surface area contributed by atoms with E-state index in [1.165, 1.54) is 0 Å². The monoisotopic (exact) mass is 390 g/mol. The molecule has 2 aliphatic rings. The summed E-state index contributed by atoms with van der Waals surface area (Å²) < 4.78 is 13.1. The maximum atomic E-state index is 13.3. The van der Waals surface area contributed by atoms with Crippen LogP contribution in [0.2, 0.25) is 0 Å². The molecule has 29 heavy (non-hydrogen) atoms. The van der Waals surface area contributed by atoms with E-state index in [0.29, 0.717) is 31.2 Å². The van der Waals surface area contributed by atoms with Crippen LogP contribution in [0.3, 0.4) is 0 Å². The molecule has 3 heterocycles. The Balaban J connectivity index is 1.62. The summed E-state index contributed by atoms with van der Waals surface area (Å²) in [6.07, 6.45) is 2.76. The van der Waals surface area contributed by atoms with Gasteiger partial charge in [-0.15, -0.1) is 0 Å². The van der Waals surface area contributed by atoms with Crippen LogP contribution in [0.15, 0.2) is 58.3 Å². The second-order valence-electron chi connectivity index (χ2n) is 7.40. The molecule has 0 bridgehead atoms. The van der Waals surface area contributed by atoms with Gasteiger partial charge in [0.1, 0.15) is 23.4 Å². The van der Waals surface area contributed by atoms with E-state index in [1.807, 2.05) is 54.9 Å². The number of carbonyl (C=O) groups is 1. The van der Waals surface area contributed by atoms with Crippen molar-refractivity contribution in [3.8, 4) is 5.75 Å². The number of aromatic nitrogens is 3. The van der Waals surface area contributed by atoms with Crippen molar-refractivity contribution in [2.45, 2.75) is 38.6 Å². The zero-order valence-electron chi connectivity index (χ0n) is 16.4. The molecular weight excluding hydrogens is 368 g/mol. The zero-order valence-corrected chi connectivity index (χ0v) is 16.4. The molecule has 1 N–H and O–H groups in total. The molecule has 2 unspecified atom stereocenters. The smallest absolute Gasteiger partial charge is 0.226 e. The van der Waals surface area contributed by atoms with E-state index in [2.05, 4.69) is 15.4 Å². The van der Waals surface area contributed by atoms with E-state index < -0.39 is 0 Å². The third-order valence-electron chi connectivity index (χ3n) is 5.46. The number of hydrogen-bond donors (Lipinski definition) is 1. The predicted octanol–water partition coefficient (Wildman–Crippen LogP) is 3.99. The normalized spacial score (nSPS) is 20.8. The van der Waals surface area contributed by atoms with Crippen molar-refractivity contribution in [2.75, 3.05) is 11.9 Å². The Labute approximate surface area is 168 Å². The fourth-order valence-electron chi connectivity index (χ4n) is 4.29. The average Bonchev–Trinajstić information content (AvgIpc) is 3.35. The number of aryl methyl sites for hydroxylation is 1. The van der Waals surface area contributed by atoms with E-state index >= 15 is 0 Å². The Morgan fingerprint density at radius 3 is 2.97 bits per heavy atom. The van der Waals surface area contributed by atoms with Crippen molar-refractivity contribution in [1.82, 2.24) is 14.8 Å². The minimum absolute atomic E-state index is 0.0229. The van der Waals surface area contributed by atoms with Gasteiger partial charge in [-0.05, 0) is 50.1 Å². The van der Waals surface area contributed by atoms with Gasteiger partial charge < -0.3 is 14.5 Å². The fraction of sp³-hybridized carbons (Fsp3) is 0.318. The molecule has 148 valence electrons. The number of ketones is 1. The quantitative estimate of drug-likeness (QED) is 0.725. The van der Waals surface area contributed by atoms with Gasteiger partial charge in [0.25, 0.3) is 0 Å². The number of nitrogens with one attached hydrogen (secondary N) is 1. The van der Waals surface area contributed by atoms with E-state index in [0.717, 1.165) is 28.3 Å². The number of rotatable bonds is 4. The maximum Gasteiger partial charge on any atom is 0.226 e. The Bertz CT molecular complexity index is 1100. The molecule has 7 nitrogen and oxygen atoms in total. The molecule has 0 spiro atoms. The lowest BCUT2D eigenvalue weighted by atomic mass is 9.79. The number of furan rings is 1. The number of carbonyl (C=O) groups excluding carboxylic acids is 1. The van der Waals surface area contributed by atoms with Crippen molar-refractivity contribution in [3.05, 3.63) is 71.1 Å². The highest BCUT2D eigenvalue weighted by Crippen LogP contribution is 2.44. The second kappa shape index (κ2) is 6.92. The largest absolute Gasteiger partial charge is 0.494 e. The molecule has 2 aromatic heterocycles. The number of ether oxygens (including phenoxy) is 1. The van der Waals surface area contributed by atoms with Crippen molar-refractivity contribution in [1.29, 1.82) is 0 Å². The predicted molar refractivity (Wildman–Crippen MR) is 107 cm³/mol. The standard InChI is InChI=1S/C22H22N4O3/c1-3-28-16-7-4-6-14(10-16)21-20-17(24-22-23-13(2)25-26(21)22)11-15(12-18(20)27)19-8-5-9-29-19/h4-10,15,21H,3,11-12H2,1-2H3,(H,23,24,25). The highest BCUT2D eigenvalue weighted by molar-refractivity contribution is 6.00. The molecule has 0 saturated carbocycles. The van der Waals surface area contributed by atoms with Crippen LogP contribution in [0.25, 0.3) is 0 Å². The van der Waals surface area contributed by atoms with Gasteiger partial charge in [0.05, 0.1) is 12.9 Å². The first-order valence-electron chi connectivity index (χ1n) is 9.86. The highest BCUT2D eigenvalue weighted by atomic mass is 16.5. The van der Waals surface area contributed by atoms with Crippen LogP contribution in [0.1, 0.15) is 48.9 Å². The third kappa shape index (κ3) is 3.03. The molecule has 0 fully saturated rings. The van der Waals surface area contributed by atoms with Gasteiger partial charge in [-0.2, -0.15) is 10.1 Å².